The van der Waals surface area contributed by atoms with E-state index in [1.807, 2.05) is 84.9 Å². The molecule has 2 saturated heterocycles. The van der Waals surface area contributed by atoms with Gasteiger partial charge in [0.15, 0.2) is 0 Å². The molecule has 0 spiro atoms. The Balaban J connectivity index is 1.11. The van der Waals surface area contributed by atoms with Gasteiger partial charge in [-0.1, -0.05) is 66.7 Å². The van der Waals surface area contributed by atoms with E-state index in [0.29, 0.717) is 25.3 Å². The summed E-state index contributed by atoms with van der Waals surface area (Å²) in [4.78, 5) is 29.3. The van der Waals surface area contributed by atoms with E-state index in [0.717, 1.165) is 52.1 Å². The van der Waals surface area contributed by atoms with Gasteiger partial charge in [-0.15, -0.1) is 0 Å². The Bertz CT molecular complexity index is 1800. The molecule has 7 nitrogen and oxygen atoms in total. The first kappa shape index (κ1) is 30.7. The molecule has 4 aromatic rings. The number of carbonyl (C=O) groups is 2. The third-order valence-corrected chi connectivity index (χ3v) is 9.57. The number of ether oxygens (including phenoxy) is 2. The van der Waals surface area contributed by atoms with Crippen molar-refractivity contribution < 1.29 is 24.2 Å². The number of methoxy groups -OCH3 is 1. The Hall–Kier alpha value is -4.98. The number of phenolic OH excluding ortho intramolecular Hbond substituents is 1. The van der Waals surface area contributed by atoms with Crippen LogP contribution in [-0.2, 0) is 19.1 Å². The molecule has 7 heteroatoms. The summed E-state index contributed by atoms with van der Waals surface area (Å²) < 4.78 is 12.1. The highest BCUT2D eigenvalue weighted by molar-refractivity contribution is 6.22. The highest BCUT2D eigenvalue weighted by Gasteiger charge is 2.57. The number of allylic oxidation sites excluding steroid dienone is 1. The fourth-order valence-electron chi connectivity index (χ4n) is 7.43. The summed E-state index contributed by atoms with van der Waals surface area (Å²) >= 11 is 0. The molecule has 0 saturated carbocycles. The molecule has 0 unspecified atom stereocenters. The number of aromatic hydroxyl groups is 1. The zero-order chi connectivity index (χ0) is 32.3. The molecule has 4 atom stereocenters. The van der Waals surface area contributed by atoms with Crippen LogP contribution in [0.5, 0.6) is 5.75 Å². The molecule has 238 valence electrons. The van der Waals surface area contributed by atoms with Crippen molar-refractivity contribution in [1.29, 1.82) is 0 Å². The quantitative estimate of drug-likeness (QED) is 0.107. The minimum atomic E-state index is -0.452. The van der Waals surface area contributed by atoms with E-state index in [2.05, 4.69) is 23.5 Å². The summed E-state index contributed by atoms with van der Waals surface area (Å²) in [7, 11) is 1.67. The Morgan fingerprint density at radius 2 is 1.55 bits per heavy atom. The van der Waals surface area contributed by atoms with Gasteiger partial charge in [-0.25, -0.2) is 0 Å². The molecule has 4 aromatic carbocycles. The lowest BCUT2D eigenvalue weighted by atomic mass is 9.69. The van der Waals surface area contributed by atoms with Crippen LogP contribution in [-0.4, -0.2) is 43.3 Å². The second kappa shape index (κ2) is 13.4. The van der Waals surface area contributed by atoms with Crippen LogP contribution < -0.4 is 10.2 Å². The number of fused-ring (bicyclic) bond motifs is 3. The van der Waals surface area contributed by atoms with Crippen molar-refractivity contribution in [1.82, 2.24) is 0 Å². The fourth-order valence-corrected chi connectivity index (χ4v) is 7.43. The zero-order valence-electron chi connectivity index (χ0n) is 26.3. The van der Waals surface area contributed by atoms with Gasteiger partial charge in [-0.05, 0) is 95.6 Å². The first-order chi connectivity index (χ1) is 23.0. The molecule has 2 aliphatic heterocycles. The lowest BCUT2D eigenvalue weighted by molar-refractivity contribution is -0.122. The van der Waals surface area contributed by atoms with Gasteiger partial charge in [0.1, 0.15) is 5.75 Å². The summed E-state index contributed by atoms with van der Waals surface area (Å²) in [6.45, 7) is 0.814. The normalized spacial score (nSPS) is 22.4. The average Bonchev–Trinajstić information content (AvgIpc) is 3.63. The summed E-state index contributed by atoms with van der Waals surface area (Å²) in [5.41, 5.74) is 7.94. The molecule has 0 aromatic heterocycles. The molecule has 7 rings (SSSR count). The Labute approximate surface area is 275 Å². The second-order valence-corrected chi connectivity index (χ2v) is 12.5. The molecule has 3 aliphatic rings. The molecule has 0 bridgehead atoms. The molecule has 47 heavy (non-hydrogen) atoms. The lowest BCUT2D eigenvalue weighted by Gasteiger charge is -2.31. The highest BCUT2D eigenvalue weighted by Crippen LogP contribution is 2.51. The standard InChI is InChI=1S/C40H38N2O5/c1-46-24-29-23-34-38(40(45)42(39(34)44)32-17-15-31(16-18-32)41-30-10-6-3-7-11-30)35-25-47-36(37(29)35)21-14-28(27-8-4-2-5-9-27)22-26-12-19-33(43)20-13-26/h2-13,15-20,22,34-36,38,41,43H,14,21,23-25H2,1H3/b28-22-/t34-,35+,36-,38-/m1/s1. The van der Waals surface area contributed by atoms with Crippen LogP contribution in [0.1, 0.15) is 30.4 Å². The van der Waals surface area contributed by atoms with Crippen LogP contribution in [0.2, 0.25) is 0 Å². The van der Waals surface area contributed by atoms with Crippen LogP contribution in [0.4, 0.5) is 17.1 Å². The van der Waals surface area contributed by atoms with Crippen molar-refractivity contribution in [2.45, 2.75) is 25.4 Å². The molecular formula is C40H38N2O5. The molecule has 0 radical (unpaired) electrons. The maximum atomic E-state index is 14.1. The lowest BCUT2D eigenvalue weighted by Crippen LogP contribution is -2.35. The number of anilines is 3. The predicted molar refractivity (Wildman–Crippen MR) is 184 cm³/mol. The number of rotatable bonds is 10. The maximum Gasteiger partial charge on any atom is 0.238 e. The number of amides is 2. The minimum absolute atomic E-state index is 0.149. The van der Waals surface area contributed by atoms with Crippen molar-refractivity contribution in [3.05, 3.63) is 131 Å². The molecule has 2 amide bonds. The largest absolute Gasteiger partial charge is 0.508 e. The smallest absolute Gasteiger partial charge is 0.238 e. The number of para-hydroxylation sites is 1. The summed E-state index contributed by atoms with van der Waals surface area (Å²) in [6, 6.07) is 34.8. The third-order valence-electron chi connectivity index (χ3n) is 9.57. The summed E-state index contributed by atoms with van der Waals surface area (Å²) in [5.74, 6) is -1.11. The monoisotopic (exact) mass is 626 g/mol. The van der Waals surface area contributed by atoms with Gasteiger partial charge in [0, 0.05) is 24.4 Å². The van der Waals surface area contributed by atoms with Crippen LogP contribution in [0.25, 0.3) is 11.6 Å². The van der Waals surface area contributed by atoms with Crippen molar-refractivity contribution in [2.24, 2.45) is 17.8 Å². The van der Waals surface area contributed by atoms with Gasteiger partial charge >= 0.3 is 0 Å². The molecule has 1 aliphatic carbocycles. The number of hydrogen-bond acceptors (Lipinski definition) is 6. The van der Waals surface area contributed by atoms with E-state index in [-0.39, 0.29) is 29.6 Å². The molecule has 2 fully saturated rings. The van der Waals surface area contributed by atoms with Crippen LogP contribution in [0.3, 0.4) is 0 Å². The maximum absolute atomic E-state index is 14.1. The van der Waals surface area contributed by atoms with E-state index in [1.54, 1.807) is 19.2 Å². The van der Waals surface area contributed by atoms with Gasteiger partial charge in [0.2, 0.25) is 11.8 Å². The van der Waals surface area contributed by atoms with Crippen LogP contribution >= 0.6 is 0 Å². The number of phenols is 1. The average molecular weight is 627 g/mol. The fraction of sp³-hybridized carbons (Fsp3) is 0.250. The SMILES string of the molecule is COCC1=C2[C@@H](CC/C(=C/c3ccc(O)cc3)c3ccccc3)OC[C@@H]2[C@@H]2C(=O)N(c3ccc(Nc4ccccc4)cc3)C(=O)[C@@H]2C1. The molecule has 2 N–H and O–H groups in total. The van der Waals surface area contributed by atoms with Crippen molar-refractivity contribution >= 4 is 40.5 Å². The van der Waals surface area contributed by atoms with Crippen molar-refractivity contribution in [2.75, 3.05) is 30.5 Å². The van der Waals surface area contributed by atoms with Gasteiger partial charge in [0.05, 0.1) is 36.8 Å². The van der Waals surface area contributed by atoms with Gasteiger partial charge < -0.3 is 19.9 Å². The van der Waals surface area contributed by atoms with Crippen LogP contribution in [0, 0.1) is 17.8 Å². The number of hydrogen-bond donors (Lipinski definition) is 2. The number of carbonyl (C=O) groups excluding carboxylic acids is 2. The Morgan fingerprint density at radius 1 is 0.872 bits per heavy atom. The van der Waals surface area contributed by atoms with Gasteiger partial charge in [-0.3, -0.25) is 14.5 Å². The van der Waals surface area contributed by atoms with E-state index in [4.69, 9.17) is 9.47 Å². The Kier molecular flexibility index (Phi) is 8.74. The van der Waals surface area contributed by atoms with Crippen LogP contribution in [0.15, 0.2) is 120 Å². The first-order valence-electron chi connectivity index (χ1n) is 16.2. The van der Waals surface area contributed by atoms with E-state index in [9.17, 15) is 14.7 Å². The number of imide groups is 1. The van der Waals surface area contributed by atoms with Gasteiger partial charge in [-0.2, -0.15) is 0 Å². The topological polar surface area (TPSA) is 88.1 Å². The summed E-state index contributed by atoms with van der Waals surface area (Å²) in [6.07, 6.45) is 3.96. The van der Waals surface area contributed by atoms with Crippen molar-refractivity contribution in [3.8, 4) is 5.75 Å². The summed E-state index contributed by atoms with van der Waals surface area (Å²) in [5, 5.41) is 13.1. The van der Waals surface area contributed by atoms with Gasteiger partial charge in [0.25, 0.3) is 0 Å². The first-order valence-corrected chi connectivity index (χ1v) is 16.2. The van der Waals surface area contributed by atoms with E-state index in [1.165, 1.54) is 4.90 Å². The highest BCUT2D eigenvalue weighted by atomic mass is 16.5. The number of benzene rings is 4. The Morgan fingerprint density at radius 3 is 2.26 bits per heavy atom. The molecule has 2 heterocycles. The number of nitrogens with zero attached hydrogens (tertiary/aromatic N) is 1. The second-order valence-electron chi connectivity index (χ2n) is 12.5. The zero-order valence-corrected chi connectivity index (χ0v) is 26.3. The van der Waals surface area contributed by atoms with E-state index < -0.39 is 11.8 Å². The van der Waals surface area contributed by atoms with Crippen molar-refractivity contribution in [3.63, 3.8) is 0 Å². The number of nitrogens with one attached hydrogen (secondary N) is 1. The molecular weight excluding hydrogens is 588 g/mol. The third kappa shape index (κ3) is 6.24. The minimum Gasteiger partial charge on any atom is -0.508 e. The predicted octanol–water partition coefficient (Wildman–Crippen LogP) is 7.62. The van der Waals surface area contributed by atoms with E-state index >= 15 is 0 Å².